The summed E-state index contributed by atoms with van der Waals surface area (Å²) in [6.45, 7) is 0. The van der Waals surface area contributed by atoms with Crippen LogP contribution in [0.1, 0.15) is 0 Å². The average molecular weight is 173 g/mol. The summed E-state index contributed by atoms with van der Waals surface area (Å²) in [6.07, 6.45) is 0.799. The summed E-state index contributed by atoms with van der Waals surface area (Å²) in [5, 5.41) is 25.5. The molecule has 0 spiro atoms. The van der Waals surface area contributed by atoms with Gasteiger partial charge in [0.1, 0.15) is 0 Å². The summed E-state index contributed by atoms with van der Waals surface area (Å²) >= 11 is 0. The summed E-state index contributed by atoms with van der Waals surface area (Å²) < 4.78 is 16.5. The molecule has 1 aromatic heterocycles. The van der Waals surface area contributed by atoms with Crippen LogP contribution >= 0.6 is 0 Å². The van der Waals surface area contributed by atoms with Crippen LogP contribution < -0.4 is 4.65 Å². The highest BCUT2D eigenvalue weighted by molar-refractivity contribution is 6.33. The number of hydrogen-bond acceptors (Lipinski definition) is 5. The normalized spacial score (nSPS) is 9.58. The Balaban J connectivity index is 2.90. The van der Waals surface area contributed by atoms with E-state index in [1.807, 2.05) is 0 Å². The van der Waals surface area contributed by atoms with Crippen LogP contribution in [-0.4, -0.2) is 27.5 Å². The Morgan fingerprint density at radius 3 is 2.75 bits per heavy atom. The third-order valence-electron chi connectivity index (χ3n) is 1.05. The Morgan fingerprint density at radius 2 is 2.17 bits per heavy atom. The Bertz CT molecular complexity index is 282. The van der Waals surface area contributed by atoms with Crippen molar-refractivity contribution in [3.63, 3.8) is 0 Å². The molecule has 0 atom stereocenters. The minimum absolute atomic E-state index is 0.377. The third kappa shape index (κ3) is 2.07. The highest BCUT2D eigenvalue weighted by atomic mass is 19.1. The summed E-state index contributed by atoms with van der Waals surface area (Å²) in [5.74, 6) is -1.73. The Hall–Kier alpha value is -1.34. The Morgan fingerprint density at radius 1 is 1.50 bits per heavy atom. The van der Waals surface area contributed by atoms with E-state index in [-0.39, 0.29) is 5.75 Å². The monoisotopic (exact) mass is 173 g/mol. The number of halogens is 1. The highest BCUT2D eigenvalue weighted by Gasteiger charge is 2.14. The second kappa shape index (κ2) is 3.37. The largest absolute Gasteiger partial charge is 0.707 e. The van der Waals surface area contributed by atoms with Gasteiger partial charge in [0, 0.05) is 6.07 Å². The van der Waals surface area contributed by atoms with Gasteiger partial charge in [-0.25, -0.2) is 4.98 Å². The van der Waals surface area contributed by atoms with E-state index in [1.165, 1.54) is 0 Å². The number of aromatic nitrogens is 1. The van der Waals surface area contributed by atoms with Crippen molar-refractivity contribution in [3.05, 3.63) is 18.2 Å². The van der Waals surface area contributed by atoms with Crippen molar-refractivity contribution < 1.29 is 24.2 Å². The van der Waals surface area contributed by atoms with Gasteiger partial charge in [-0.05, 0) is 0 Å². The molecular weight excluding hydrogens is 168 g/mol. The molecule has 0 saturated carbocycles. The first-order chi connectivity index (χ1) is 5.59. The first kappa shape index (κ1) is 8.76. The van der Waals surface area contributed by atoms with E-state index in [0.29, 0.717) is 0 Å². The van der Waals surface area contributed by atoms with Crippen molar-refractivity contribution in [1.82, 2.24) is 4.98 Å². The molecule has 1 heterocycles. The topological polar surface area (TPSA) is 82.8 Å². The van der Waals surface area contributed by atoms with Crippen molar-refractivity contribution >= 4 is 7.32 Å². The van der Waals surface area contributed by atoms with E-state index in [4.69, 9.17) is 15.2 Å². The molecule has 0 aliphatic rings. The standard InChI is InChI=1S/C5H5BFNO4/c7-5-1-4(12-6(10)11)3(9)2-8-5/h1-2,9-11H. The van der Waals surface area contributed by atoms with Crippen LogP contribution in [0, 0.1) is 5.95 Å². The van der Waals surface area contributed by atoms with Crippen LogP contribution in [0.25, 0.3) is 0 Å². The van der Waals surface area contributed by atoms with Gasteiger partial charge in [-0.15, -0.1) is 0 Å². The zero-order valence-corrected chi connectivity index (χ0v) is 5.81. The van der Waals surface area contributed by atoms with Crippen molar-refractivity contribution in [2.24, 2.45) is 0 Å². The Labute approximate surface area is 67.2 Å². The maximum absolute atomic E-state index is 12.3. The van der Waals surface area contributed by atoms with Gasteiger partial charge in [-0.3, -0.25) is 0 Å². The first-order valence-electron chi connectivity index (χ1n) is 2.97. The minimum Gasteiger partial charge on any atom is -0.509 e. The predicted octanol–water partition coefficient (Wildman–Crippen LogP) is -0.725. The molecule has 1 rings (SSSR count). The van der Waals surface area contributed by atoms with E-state index in [1.54, 1.807) is 0 Å². The molecule has 5 nitrogen and oxygen atoms in total. The fourth-order valence-electron chi connectivity index (χ4n) is 0.614. The zero-order chi connectivity index (χ0) is 9.14. The van der Waals surface area contributed by atoms with Gasteiger partial charge in [-0.2, -0.15) is 4.39 Å². The van der Waals surface area contributed by atoms with Crippen molar-refractivity contribution in [2.45, 2.75) is 0 Å². The molecule has 0 saturated heterocycles. The maximum Gasteiger partial charge on any atom is 0.707 e. The molecule has 0 amide bonds. The fraction of sp³-hybridized carbons (Fsp3) is 0. The third-order valence-corrected chi connectivity index (χ3v) is 1.05. The summed E-state index contributed by atoms with van der Waals surface area (Å²) in [4.78, 5) is 3.09. The SMILES string of the molecule is OB(O)Oc1cc(F)ncc1O. The van der Waals surface area contributed by atoms with Crippen LogP contribution in [-0.2, 0) is 0 Å². The molecule has 64 valence electrons. The van der Waals surface area contributed by atoms with Crippen LogP contribution in [0.5, 0.6) is 11.5 Å². The van der Waals surface area contributed by atoms with Gasteiger partial charge in [0.2, 0.25) is 5.95 Å². The Kier molecular flexibility index (Phi) is 2.46. The molecule has 0 bridgehead atoms. The van der Waals surface area contributed by atoms with Gasteiger partial charge in [0.25, 0.3) is 0 Å². The molecule has 7 heteroatoms. The number of hydrogen-bond donors (Lipinski definition) is 3. The smallest absolute Gasteiger partial charge is 0.509 e. The van der Waals surface area contributed by atoms with Crippen LogP contribution in [0.15, 0.2) is 12.3 Å². The molecule has 1 aromatic rings. The van der Waals surface area contributed by atoms with Crippen molar-refractivity contribution in [3.8, 4) is 11.5 Å². The van der Waals surface area contributed by atoms with E-state index in [2.05, 4.69) is 9.64 Å². The van der Waals surface area contributed by atoms with Crippen molar-refractivity contribution in [2.75, 3.05) is 0 Å². The molecule has 3 N–H and O–H groups in total. The maximum atomic E-state index is 12.3. The second-order valence-corrected chi connectivity index (χ2v) is 1.92. The van der Waals surface area contributed by atoms with E-state index in [9.17, 15) is 4.39 Å². The molecule has 12 heavy (non-hydrogen) atoms. The van der Waals surface area contributed by atoms with E-state index < -0.39 is 19.0 Å². The lowest BCUT2D eigenvalue weighted by Gasteiger charge is -2.05. The van der Waals surface area contributed by atoms with Crippen molar-refractivity contribution in [1.29, 1.82) is 0 Å². The number of aromatic hydroxyl groups is 1. The van der Waals surface area contributed by atoms with Gasteiger partial charge < -0.3 is 19.8 Å². The quantitative estimate of drug-likeness (QED) is 0.405. The first-order valence-corrected chi connectivity index (χ1v) is 2.97. The van der Waals surface area contributed by atoms with Crippen LogP contribution in [0.4, 0.5) is 4.39 Å². The lowest BCUT2D eigenvalue weighted by molar-refractivity contribution is 0.280. The van der Waals surface area contributed by atoms with Gasteiger partial charge in [0.15, 0.2) is 11.5 Å². The molecule has 0 fully saturated rings. The molecular formula is C5H5BFNO4. The fourth-order valence-corrected chi connectivity index (χ4v) is 0.614. The lowest BCUT2D eigenvalue weighted by atomic mass is 10.2. The number of nitrogens with zero attached hydrogens (tertiary/aromatic N) is 1. The van der Waals surface area contributed by atoms with Gasteiger partial charge in [-0.1, -0.05) is 0 Å². The second-order valence-electron chi connectivity index (χ2n) is 1.92. The molecule has 0 aromatic carbocycles. The lowest BCUT2D eigenvalue weighted by Crippen LogP contribution is -2.20. The average Bonchev–Trinajstić information content (AvgIpc) is 1.96. The van der Waals surface area contributed by atoms with Gasteiger partial charge in [0.05, 0.1) is 6.20 Å². The predicted molar refractivity (Wildman–Crippen MR) is 36.7 cm³/mol. The van der Waals surface area contributed by atoms with E-state index >= 15 is 0 Å². The molecule has 0 aliphatic heterocycles. The zero-order valence-electron chi connectivity index (χ0n) is 5.81. The van der Waals surface area contributed by atoms with Crippen LogP contribution in [0.3, 0.4) is 0 Å². The molecule has 0 unspecified atom stereocenters. The minimum atomic E-state index is -2.10. The molecule has 0 aliphatic carbocycles. The number of rotatable bonds is 2. The molecule has 0 radical (unpaired) electrons. The summed E-state index contributed by atoms with van der Waals surface area (Å²) in [5.41, 5.74) is 0. The van der Waals surface area contributed by atoms with E-state index in [0.717, 1.165) is 12.3 Å². The number of pyridine rings is 1. The summed E-state index contributed by atoms with van der Waals surface area (Å²) in [7, 11) is -2.10. The van der Waals surface area contributed by atoms with Crippen LogP contribution in [0.2, 0.25) is 0 Å². The summed E-state index contributed by atoms with van der Waals surface area (Å²) in [6, 6.07) is 0.731. The van der Waals surface area contributed by atoms with Gasteiger partial charge >= 0.3 is 7.32 Å². The highest BCUT2D eigenvalue weighted by Crippen LogP contribution is 2.24.